The number of anilines is 2. The SMILES string of the molecule is CC(NCC(=O)Nc1cccc(NC(=O)C(C)(C)C)c1)c1ccccc1. The third kappa shape index (κ3) is 6.01. The van der Waals surface area contributed by atoms with Gasteiger partial charge in [0.15, 0.2) is 0 Å². The van der Waals surface area contributed by atoms with E-state index >= 15 is 0 Å². The first-order valence-corrected chi connectivity index (χ1v) is 8.75. The molecule has 0 saturated carbocycles. The molecule has 0 aliphatic rings. The third-order valence-electron chi connectivity index (χ3n) is 3.95. The van der Waals surface area contributed by atoms with E-state index in [1.54, 1.807) is 24.3 Å². The van der Waals surface area contributed by atoms with E-state index < -0.39 is 5.41 Å². The van der Waals surface area contributed by atoms with Crippen LogP contribution in [0.2, 0.25) is 0 Å². The monoisotopic (exact) mass is 353 g/mol. The average Bonchev–Trinajstić information content (AvgIpc) is 2.60. The van der Waals surface area contributed by atoms with Gasteiger partial charge in [-0.05, 0) is 30.7 Å². The molecule has 138 valence electrons. The third-order valence-corrected chi connectivity index (χ3v) is 3.95. The number of amides is 2. The van der Waals surface area contributed by atoms with Crippen molar-refractivity contribution in [3.05, 3.63) is 60.2 Å². The number of benzene rings is 2. The van der Waals surface area contributed by atoms with Crippen molar-refractivity contribution < 1.29 is 9.59 Å². The molecule has 0 fully saturated rings. The molecule has 2 aromatic rings. The highest BCUT2D eigenvalue weighted by atomic mass is 16.2. The Morgan fingerprint density at radius 1 is 0.923 bits per heavy atom. The number of rotatable bonds is 6. The van der Waals surface area contributed by atoms with Gasteiger partial charge in [0.05, 0.1) is 6.54 Å². The molecule has 2 aromatic carbocycles. The summed E-state index contributed by atoms with van der Waals surface area (Å²) in [5.74, 6) is -0.202. The highest BCUT2D eigenvalue weighted by molar-refractivity contribution is 5.96. The van der Waals surface area contributed by atoms with Gasteiger partial charge >= 0.3 is 0 Å². The van der Waals surface area contributed by atoms with Crippen LogP contribution in [-0.2, 0) is 9.59 Å². The molecule has 0 saturated heterocycles. The van der Waals surface area contributed by atoms with Crippen LogP contribution in [0.1, 0.15) is 39.3 Å². The Kier molecular flexibility index (Phi) is 6.52. The van der Waals surface area contributed by atoms with Crippen molar-refractivity contribution in [3.8, 4) is 0 Å². The summed E-state index contributed by atoms with van der Waals surface area (Å²) >= 11 is 0. The topological polar surface area (TPSA) is 70.2 Å². The van der Waals surface area contributed by atoms with Gasteiger partial charge in [-0.1, -0.05) is 57.2 Å². The van der Waals surface area contributed by atoms with Gasteiger partial charge in [0, 0.05) is 22.8 Å². The van der Waals surface area contributed by atoms with E-state index in [9.17, 15) is 9.59 Å². The van der Waals surface area contributed by atoms with Crippen molar-refractivity contribution in [1.29, 1.82) is 0 Å². The summed E-state index contributed by atoms with van der Waals surface area (Å²) in [6, 6.07) is 17.2. The molecular weight excluding hydrogens is 326 g/mol. The van der Waals surface area contributed by atoms with Gasteiger partial charge in [-0.15, -0.1) is 0 Å². The lowest BCUT2D eigenvalue weighted by Gasteiger charge is -2.18. The first-order chi connectivity index (χ1) is 12.3. The van der Waals surface area contributed by atoms with Crippen molar-refractivity contribution in [2.45, 2.75) is 33.7 Å². The van der Waals surface area contributed by atoms with Crippen LogP contribution in [0.15, 0.2) is 54.6 Å². The largest absolute Gasteiger partial charge is 0.326 e. The summed E-state index contributed by atoms with van der Waals surface area (Å²) in [5.41, 5.74) is 1.97. The predicted molar refractivity (Wildman–Crippen MR) is 106 cm³/mol. The zero-order chi connectivity index (χ0) is 19.2. The first-order valence-electron chi connectivity index (χ1n) is 8.75. The molecule has 3 N–H and O–H groups in total. The maximum absolute atomic E-state index is 12.2. The molecule has 2 rings (SSSR count). The predicted octanol–water partition coefficient (Wildman–Crippen LogP) is 3.96. The highest BCUT2D eigenvalue weighted by Gasteiger charge is 2.21. The van der Waals surface area contributed by atoms with Crippen molar-refractivity contribution in [2.75, 3.05) is 17.2 Å². The van der Waals surface area contributed by atoms with Gasteiger partial charge in [-0.25, -0.2) is 0 Å². The molecule has 1 unspecified atom stereocenters. The molecular formula is C21H27N3O2. The van der Waals surface area contributed by atoms with Crippen LogP contribution in [0.25, 0.3) is 0 Å². The molecule has 0 heterocycles. The van der Waals surface area contributed by atoms with Gasteiger partial charge in [0.1, 0.15) is 0 Å². The molecule has 2 amide bonds. The summed E-state index contributed by atoms with van der Waals surface area (Å²) in [4.78, 5) is 24.3. The van der Waals surface area contributed by atoms with Crippen molar-refractivity contribution in [2.24, 2.45) is 5.41 Å². The fourth-order valence-electron chi connectivity index (χ4n) is 2.30. The molecule has 0 aliphatic heterocycles. The average molecular weight is 353 g/mol. The maximum Gasteiger partial charge on any atom is 0.238 e. The van der Waals surface area contributed by atoms with E-state index in [1.165, 1.54) is 0 Å². The Hall–Kier alpha value is -2.66. The van der Waals surface area contributed by atoms with Crippen molar-refractivity contribution in [3.63, 3.8) is 0 Å². The Bertz CT molecular complexity index is 751. The second kappa shape index (κ2) is 8.63. The lowest BCUT2D eigenvalue weighted by molar-refractivity contribution is -0.123. The van der Waals surface area contributed by atoms with Crippen molar-refractivity contribution >= 4 is 23.2 Å². The van der Waals surface area contributed by atoms with Crippen LogP contribution in [0.3, 0.4) is 0 Å². The van der Waals surface area contributed by atoms with E-state index in [0.717, 1.165) is 5.56 Å². The van der Waals surface area contributed by atoms with Crippen LogP contribution in [-0.4, -0.2) is 18.4 Å². The maximum atomic E-state index is 12.2. The molecule has 0 aromatic heterocycles. The summed E-state index contributed by atoms with van der Waals surface area (Å²) < 4.78 is 0. The van der Waals surface area contributed by atoms with Crippen LogP contribution >= 0.6 is 0 Å². The second-order valence-electron chi connectivity index (χ2n) is 7.35. The fraction of sp³-hybridized carbons (Fsp3) is 0.333. The quantitative estimate of drug-likeness (QED) is 0.736. The van der Waals surface area contributed by atoms with E-state index in [2.05, 4.69) is 16.0 Å². The number of nitrogens with one attached hydrogen (secondary N) is 3. The molecule has 0 spiro atoms. The molecule has 5 nitrogen and oxygen atoms in total. The summed E-state index contributed by atoms with van der Waals surface area (Å²) in [5, 5.41) is 8.91. The highest BCUT2D eigenvalue weighted by Crippen LogP contribution is 2.20. The van der Waals surface area contributed by atoms with Gasteiger partial charge in [0.2, 0.25) is 11.8 Å². The lowest BCUT2D eigenvalue weighted by atomic mass is 9.95. The van der Waals surface area contributed by atoms with Crippen LogP contribution in [0, 0.1) is 5.41 Å². The Morgan fingerprint density at radius 2 is 1.54 bits per heavy atom. The van der Waals surface area contributed by atoms with E-state index in [4.69, 9.17) is 0 Å². The second-order valence-corrected chi connectivity index (χ2v) is 7.35. The summed E-state index contributed by atoms with van der Waals surface area (Å²) in [6.07, 6.45) is 0. The van der Waals surface area contributed by atoms with Gasteiger partial charge in [-0.2, -0.15) is 0 Å². The summed E-state index contributed by atoms with van der Waals surface area (Å²) in [6.45, 7) is 7.79. The Balaban J connectivity index is 1.89. The smallest absolute Gasteiger partial charge is 0.238 e. The number of hydrogen-bond acceptors (Lipinski definition) is 3. The Labute approximate surface area is 155 Å². The minimum atomic E-state index is -0.475. The van der Waals surface area contributed by atoms with Gasteiger partial charge in [0.25, 0.3) is 0 Å². The normalized spacial score (nSPS) is 12.3. The summed E-state index contributed by atoms with van der Waals surface area (Å²) in [7, 11) is 0. The molecule has 0 bridgehead atoms. The molecule has 0 aliphatic carbocycles. The number of carbonyl (C=O) groups is 2. The first kappa shape index (κ1) is 19.7. The molecule has 5 heteroatoms. The number of hydrogen-bond donors (Lipinski definition) is 3. The lowest BCUT2D eigenvalue weighted by Crippen LogP contribution is -2.30. The van der Waals surface area contributed by atoms with E-state index in [1.807, 2.05) is 58.0 Å². The minimum absolute atomic E-state index is 0.0701. The molecule has 0 radical (unpaired) electrons. The van der Waals surface area contributed by atoms with Gasteiger partial charge < -0.3 is 16.0 Å². The molecule has 26 heavy (non-hydrogen) atoms. The van der Waals surface area contributed by atoms with Crippen LogP contribution in [0.4, 0.5) is 11.4 Å². The van der Waals surface area contributed by atoms with Crippen LogP contribution < -0.4 is 16.0 Å². The van der Waals surface area contributed by atoms with E-state index in [-0.39, 0.29) is 24.4 Å². The Morgan fingerprint density at radius 3 is 2.15 bits per heavy atom. The van der Waals surface area contributed by atoms with E-state index in [0.29, 0.717) is 11.4 Å². The molecule has 1 atom stereocenters. The van der Waals surface area contributed by atoms with Crippen LogP contribution in [0.5, 0.6) is 0 Å². The van der Waals surface area contributed by atoms with Gasteiger partial charge in [-0.3, -0.25) is 9.59 Å². The number of carbonyl (C=O) groups excluding carboxylic acids is 2. The fourth-order valence-corrected chi connectivity index (χ4v) is 2.30. The zero-order valence-corrected chi connectivity index (χ0v) is 15.8. The van der Waals surface area contributed by atoms with Crippen molar-refractivity contribution in [1.82, 2.24) is 5.32 Å². The zero-order valence-electron chi connectivity index (χ0n) is 15.8. The minimum Gasteiger partial charge on any atom is -0.326 e. The standard InChI is InChI=1S/C21H27N3O2/c1-15(16-9-6-5-7-10-16)22-14-19(25)23-17-11-8-12-18(13-17)24-20(26)21(2,3)4/h5-13,15,22H,14H2,1-4H3,(H,23,25)(H,24,26).